The second kappa shape index (κ2) is 3.58. The van der Waals surface area contributed by atoms with Gasteiger partial charge in [-0.05, 0) is 12.1 Å². The Morgan fingerprint density at radius 3 is 3.23 bits per heavy atom. The number of nitrogens with zero attached hydrogens (tertiary/aromatic N) is 1. The molecule has 0 aliphatic rings. The molecule has 0 radical (unpaired) electrons. The smallest absolute Gasteiger partial charge is 0.0695 e. The summed E-state index contributed by atoms with van der Waals surface area (Å²) in [4.78, 5) is 0. The van der Waals surface area contributed by atoms with E-state index in [9.17, 15) is 0 Å². The molecule has 68 valence electrons. The molecular weight excluding hydrogens is 162 g/mol. The maximum absolute atomic E-state index is 4.02. The van der Waals surface area contributed by atoms with Crippen LogP contribution in [0.4, 0.5) is 0 Å². The van der Waals surface area contributed by atoms with E-state index in [1.807, 2.05) is 6.20 Å². The maximum Gasteiger partial charge on any atom is 0.0695 e. The average molecular weight is 175 g/mol. The Morgan fingerprint density at radius 1 is 1.46 bits per heavy atom. The topological polar surface area (TPSA) is 40.7 Å². The number of para-hydroxylation sites is 1. The van der Waals surface area contributed by atoms with Gasteiger partial charge in [-0.1, -0.05) is 25.1 Å². The molecule has 0 aliphatic heterocycles. The molecule has 1 aromatic heterocycles. The Balaban J connectivity index is 2.37. The number of nitrogens with one attached hydrogen (secondary N) is 2. The second-order valence-electron chi connectivity index (χ2n) is 3.03. The lowest BCUT2D eigenvalue weighted by Gasteiger charge is -2.02. The molecule has 0 bridgehead atoms. The normalized spacial score (nSPS) is 10.8. The number of fused-ring (bicyclic) bond motifs is 1. The fourth-order valence-corrected chi connectivity index (χ4v) is 1.44. The number of H-pyrrole nitrogens is 1. The largest absolute Gasteiger partial charge is 0.313 e. The summed E-state index contributed by atoms with van der Waals surface area (Å²) in [6.45, 7) is 3.99. The number of rotatable bonds is 3. The first kappa shape index (κ1) is 8.26. The van der Waals surface area contributed by atoms with Crippen LogP contribution in [-0.4, -0.2) is 16.7 Å². The lowest BCUT2D eigenvalue weighted by molar-refractivity contribution is 0.729. The Labute approximate surface area is 77.2 Å². The quantitative estimate of drug-likeness (QED) is 0.745. The number of hydrogen-bond donors (Lipinski definition) is 2. The van der Waals surface area contributed by atoms with Gasteiger partial charge in [-0.3, -0.25) is 5.10 Å². The highest BCUT2D eigenvalue weighted by Gasteiger charge is 2.00. The standard InChI is InChI=1S/C10H13N3/c1-2-11-6-8-4-3-5-9-7-12-13-10(8)9/h3-5,7,11H,2,6H2,1H3,(H,12,13). The summed E-state index contributed by atoms with van der Waals surface area (Å²) >= 11 is 0. The molecule has 13 heavy (non-hydrogen) atoms. The molecule has 0 saturated heterocycles. The van der Waals surface area contributed by atoms with Gasteiger partial charge in [0, 0.05) is 11.9 Å². The van der Waals surface area contributed by atoms with Crippen LogP contribution in [0, 0.1) is 0 Å². The third-order valence-electron chi connectivity index (χ3n) is 2.13. The van der Waals surface area contributed by atoms with Gasteiger partial charge in [0.05, 0.1) is 11.7 Å². The van der Waals surface area contributed by atoms with Crippen LogP contribution in [0.2, 0.25) is 0 Å². The lowest BCUT2D eigenvalue weighted by atomic mass is 10.1. The van der Waals surface area contributed by atoms with Crippen LogP contribution in [0.5, 0.6) is 0 Å². The number of hydrogen-bond acceptors (Lipinski definition) is 2. The predicted molar refractivity (Wildman–Crippen MR) is 53.5 cm³/mol. The van der Waals surface area contributed by atoms with Crippen molar-refractivity contribution in [1.29, 1.82) is 0 Å². The van der Waals surface area contributed by atoms with Crippen molar-refractivity contribution >= 4 is 10.9 Å². The molecular formula is C10H13N3. The Morgan fingerprint density at radius 2 is 2.38 bits per heavy atom. The Kier molecular flexibility index (Phi) is 2.27. The van der Waals surface area contributed by atoms with E-state index < -0.39 is 0 Å². The van der Waals surface area contributed by atoms with Crippen molar-refractivity contribution in [3.63, 3.8) is 0 Å². The van der Waals surface area contributed by atoms with E-state index in [0.717, 1.165) is 18.6 Å². The van der Waals surface area contributed by atoms with Crippen LogP contribution >= 0.6 is 0 Å². The average Bonchev–Trinajstić information content (AvgIpc) is 2.62. The SMILES string of the molecule is CCNCc1cccc2cn[nH]c12. The van der Waals surface area contributed by atoms with Gasteiger partial charge in [-0.2, -0.15) is 5.10 Å². The van der Waals surface area contributed by atoms with Crippen LogP contribution < -0.4 is 5.32 Å². The third kappa shape index (κ3) is 1.55. The molecule has 0 aliphatic carbocycles. The van der Waals surface area contributed by atoms with E-state index in [1.165, 1.54) is 10.9 Å². The van der Waals surface area contributed by atoms with Crippen LogP contribution in [0.25, 0.3) is 10.9 Å². The molecule has 0 saturated carbocycles. The van der Waals surface area contributed by atoms with Gasteiger partial charge < -0.3 is 5.32 Å². The van der Waals surface area contributed by atoms with Crippen LogP contribution in [0.15, 0.2) is 24.4 Å². The highest BCUT2D eigenvalue weighted by molar-refractivity contribution is 5.81. The molecule has 0 unspecified atom stereocenters. The highest BCUT2D eigenvalue weighted by atomic mass is 15.1. The van der Waals surface area contributed by atoms with Gasteiger partial charge in [-0.15, -0.1) is 0 Å². The Bertz CT molecular complexity index is 392. The van der Waals surface area contributed by atoms with Gasteiger partial charge >= 0.3 is 0 Å². The van der Waals surface area contributed by atoms with Crippen molar-refractivity contribution < 1.29 is 0 Å². The molecule has 2 rings (SSSR count). The third-order valence-corrected chi connectivity index (χ3v) is 2.13. The molecule has 0 spiro atoms. The highest BCUT2D eigenvalue weighted by Crippen LogP contribution is 2.14. The summed E-state index contributed by atoms with van der Waals surface area (Å²) in [5.74, 6) is 0. The minimum atomic E-state index is 0.899. The van der Waals surface area contributed by atoms with Crippen molar-refractivity contribution in [3.8, 4) is 0 Å². The second-order valence-corrected chi connectivity index (χ2v) is 3.03. The molecule has 3 heteroatoms. The first-order valence-electron chi connectivity index (χ1n) is 4.53. The van der Waals surface area contributed by atoms with E-state index in [0.29, 0.717) is 0 Å². The molecule has 2 N–H and O–H groups in total. The van der Waals surface area contributed by atoms with Crippen LogP contribution in [-0.2, 0) is 6.54 Å². The van der Waals surface area contributed by atoms with E-state index in [1.54, 1.807) is 0 Å². The first-order chi connectivity index (χ1) is 6.42. The van der Waals surface area contributed by atoms with Gasteiger partial charge in [0.2, 0.25) is 0 Å². The lowest BCUT2D eigenvalue weighted by Crippen LogP contribution is -2.11. The molecule has 1 heterocycles. The zero-order valence-corrected chi connectivity index (χ0v) is 7.67. The molecule has 2 aromatic rings. The van der Waals surface area contributed by atoms with Crippen molar-refractivity contribution in [3.05, 3.63) is 30.0 Å². The molecule has 1 aromatic carbocycles. The van der Waals surface area contributed by atoms with E-state index in [4.69, 9.17) is 0 Å². The summed E-state index contributed by atoms with van der Waals surface area (Å²) < 4.78 is 0. The van der Waals surface area contributed by atoms with Crippen LogP contribution in [0.1, 0.15) is 12.5 Å². The predicted octanol–water partition coefficient (Wildman–Crippen LogP) is 1.67. The van der Waals surface area contributed by atoms with Crippen LogP contribution in [0.3, 0.4) is 0 Å². The van der Waals surface area contributed by atoms with Gasteiger partial charge in [0.1, 0.15) is 0 Å². The van der Waals surface area contributed by atoms with E-state index in [-0.39, 0.29) is 0 Å². The maximum atomic E-state index is 4.02. The molecule has 0 amide bonds. The van der Waals surface area contributed by atoms with Gasteiger partial charge in [-0.25, -0.2) is 0 Å². The van der Waals surface area contributed by atoms with E-state index in [2.05, 4.69) is 40.6 Å². The minimum absolute atomic E-state index is 0.899. The fraction of sp³-hybridized carbons (Fsp3) is 0.300. The minimum Gasteiger partial charge on any atom is -0.313 e. The van der Waals surface area contributed by atoms with Gasteiger partial charge in [0.25, 0.3) is 0 Å². The van der Waals surface area contributed by atoms with Gasteiger partial charge in [0.15, 0.2) is 0 Å². The summed E-state index contributed by atoms with van der Waals surface area (Å²) in [7, 11) is 0. The number of aromatic amines is 1. The van der Waals surface area contributed by atoms with Crippen molar-refractivity contribution in [1.82, 2.24) is 15.5 Å². The summed E-state index contributed by atoms with van der Waals surface area (Å²) in [5, 5.41) is 11.5. The number of benzene rings is 1. The summed E-state index contributed by atoms with van der Waals surface area (Å²) in [6.07, 6.45) is 1.85. The summed E-state index contributed by atoms with van der Waals surface area (Å²) in [5.41, 5.74) is 2.42. The zero-order chi connectivity index (χ0) is 9.10. The van der Waals surface area contributed by atoms with Crippen molar-refractivity contribution in [2.75, 3.05) is 6.54 Å². The summed E-state index contributed by atoms with van der Waals surface area (Å²) in [6, 6.07) is 6.24. The molecule has 0 fully saturated rings. The van der Waals surface area contributed by atoms with E-state index >= 15 is 0 Å². The zero-order valence-electron chi connectivity index (χ0n) is 7.67. The molecule has 0 atom stereocenters. The monoisotopic (exact) mass is 175 g/mol. The van der Waals surface area contributed by atoms with Crippen molar-refractivity contribution in [2.24, 2.45) is 0 Å². The molecule has 3 nitrogen and oxygen atoms in total. The fourth-order valence-electron chi connectivity index (χ4n) is 1.44. The number of aromatic nitrogens is 2. The van der Waals surface area contributed by atoms with Crippen molar-refractivity contribution in [2.45, 2.75) is 13.5 Å². The Hall–Kier alpha value is -1.35. The first-order valence-corrected chi connectivity index (χ1v) is 4.53.